The van der Waals surface area contributed by atoms with Gasteiger partial charge in [-0.25, -0.2) is 9.59 Å². The number of dihydropyridines is 1. The van der Waals surface area contributed by atoms with Gasteiger partial charge in [0.25, 0.3) is 5.69 Å². The summed E-state index contributed by atoms with van der Waals surface area (Å²) in [5, 5.41) is 14.8. The van der Waals surface area contributed by atoms with Gasteiger partial charge in [0, 0.05) is 61.7 Å². The van der Waals surface area contributed by atoms with Crippen LogP contribution >= 0.6 is 0 Å². The number of likely N-dealkylation sites (tertiary alicyclic amines) is 1. The van der Waals surface area contributed by atoms with E-state index in [1.54, 1.807) is 26.0 Å². The molecule has 1 N–H and O–H groups in total. The molecule has 2 heterocycles. The van der Waals surface area contributed by atoms with E-state index in [0.717, 1.165) is 51.7 Å². The highest BCUT2D eigenvalue weighted by Gasteiger charge is 2.39. The summed E-state index contributed by atoms with van der Waals surface area (Å²) in [5.41, 5.74) is 4.42. The Hall–Kier alpha value is -4.84. The van der Waals surface area contributed by atoms with Crippen molar-refractivity contribution in [2.75, 3.05) is 59.3 Å². The molecule has 1 saturated heterocycles. The van der Waals surface area contributed by atoms with E-state index in [-0.39, 0.29) is 42.1 Å². The summed E-state index contributed by atoms with van der Waals surface area (Å²) >= 11 is 0. The lowest BCUT2D eigenvalue weighted by molar-refractivity contribution is -0.384. The second-order valence-electron chi connectivity index (χ2n) is 14.2. The zero-order valence-corrected chi connectivity index (χ0v) is 32.4. The van der Waals surface area contributed by atoms with Gasteiger partial charge in [-0.1, -0.05) is 86.1 Å². The second kappa shape index (κ2) is 20.7. The SMILES string of the molecule is CCCCOCCOC(=O)C1=C(C)NC(C)=C(C(=O)OCCCOCCCN2CCC(c3ccccc3)(c3ccccc3)CC2)C1c1cccc([N+](=O)[O-])c1. The maximum atomic E-state index is 13.7. The molecule has 294 valence electrons. The van der Waals surface area contributed by atoms with Crippen molar-refractivity contribution in [2.24, 2.45) is 0 Å². The van der Waals surface area contributed by atoms with Crippen LogP contribution in [0.3, 0.4) is 0 Å². The van der Waals surface area contributed by atoms with E-state index >= 15 is 0 Å². The van der Waals surface area contributed by atoms with Crippen molar-refractivity contribution in [3.63, 3.8) is 0 Å². The Kier molecular flexibility index (Phi) is 15.6. The van der Waals surface area contributed by atoms with Crippen LogP contribution in [0.2, 0.25) is 0 Å². The highest BCUT2D eigenvalue weighted by atomic mass is 16.6. The first-order chi connectivity index (χ1) is 26.7. The van der Waals surface area contributed by atoms with Crippen LogP contribution in [0.1, 0.15) is 81.9 Å². The van der Waals surface area contributed by atoms with Gasteiger partial charge in [0.15, 0.2) is 0 Å². The molecule has 11 heteroatoms. The molecule has 5 rings (SSSR count). The van der Waals surface area contributed by atoms with Crippen LogP contribution in [0.5, 0.6) is 0 Å². The molecule has 0 bridgehead atoms. The average Bonchev–Trinajstić information content (AvgIpc) is 3.20. The monoisotopic (exact) mass is 753 g/mol. The molecule has 2 aliphatic rings. The second-order valence-corrected chi connectivity index (χ2v) is 14.2. The van der Waals surface area contributed by atoms with Gasteiger partial charge in [-0.2, -0.15) is 0 Å². The Labute approximate surface area is 324 Å². The number of nitrogens with one attached hydrogen (secondary N) is 1. The number of hydrogen-bond donors (Lipinski definition) is 1. The molecule has 0 aliphatic carbocycles. The van der Waals surface area contributed by atoms with Crippen molar-refractivity contribution >= 4 is 17.6 Å². The van der Waals surface area contributed by atoms with E-state index < -0.39 is 22.8 Å². The molecule has 1 unspecified atom stereocenters. The van der Waals surface area contributed by atoms with E-state index in [0.29, 0.717) is 43.2 Å². The molecular formula is C44H55N3O8. The molecule has 1 atom stereocenters. The number of benzene rings is 3. The van der Waals surface area contributed by atoms with Gasteiger partial charge in [-0.3, -0.25) is 10.1 Å². The Morgan fingerprint density at radius 2 is 1.31 bits per heavy atom. The third-order valence-corrected chi connectivity index (χ3v) is 10.5. The Balaban J connectivity index is 1.10. The summed E-state index contributed by atoms with van der Waals surface area (Å²) < 4.78 is 22.7. The molecule has 1 fully saturated rings. The number of nitro benzene ring substituents is 1. The number of non-ortho nitro benzene ring substituents is 1. The smallest absolute Gasteiger partial charge is 0.336 e. The fourth-order valence-corrected chi connectivity index (χ4v) is 7.62. The fourth-order valence-electron chi connectivity index (χ4n) is 7.62. The molecule has 3 aromatic carbocycles. The number of esters is 2. The zero-order valence-electron chi connectivity index (χ0n) is 32.4. The van der Waals surface area contributed by atoms with Gasteiger partial charge < -0.3 is 29.2 Å². The van der Waals surface area contributed by atoms with Crippen LogP contribution in [0, 0.1) is 10.1 Å². The standard InChI is InChI=1S/C44H55N3O8/c1-4-5-26-53-30-31-55-43(49)40-34(3)45-33(2)39(41(40)35-15-12-20-38(32-35)47(50)51)42(48)54-29-14-28-52-27-13-23-46-24-21-44(22-25-46,36-16-8-6-9-17-36)37-18-10-7-11-19-37/h6-12,15-20,32,41,45H,4-5,13-14,21-31H2,1-3H3. The molecule has 2 aliphatic heterocycles. The summed E-state index contributed by atoms with van der Waals surface area (Å²) in [4.78, 5) is 40.9. The normalized spacial score (nSPS) is 17.1. The Bertz CT molecular complexity index is 1740. The number of rotatable bonds is 20. The van der Waals surface area contributed by atoms with Crippen LogP contribution in [0.4, 0.5) is 5.69 Å². The molecule has 0 radical (unpaired) electrons. The number of hydrogen-bond acceptors (Lipinski definition) is 10. The van der Waals surface area contributed by atoms with E-state index in [1.165, 1.54) is 23.3 Å². The van der Waals surface area contributed by atoms with Crippen LogP contribution in [-0.4, -0.2) is 81.0 Å². The third kappa shape index (κ3) is 10.9. The zero-order chi connectivity index (χ0) is 39.0. The molecule has 0 amide bonds. The number of unbranched alkanes of at least 4 members (excludes halogenated alkanes) is 1. The van der Waals surface area contributed by atoms with E-state index in [1.807, 2.05) is 0 Å². The third-order valence-electron chi connectivity index (χ3n) is 10.5. The molecule has 0 aromatic heterocycles. The molecule has 11 nitrogen and oxygen atoms in total. The molecular weight excluding hydrogens is 698 g/mol. The van der Waals surface area contributed by atoms with Crippen LogP contribution in [0.15, 0.2) is 107 Å². The van der Waals surface area contributed by atoms with Crippen molar-refractivity contribution in [1.82, 2.24) is 10.2 Å². The van der Waals surface area contributed by atoms with Gasteiger partial charge in [-0.05, 0) is 69.3 Å². The minimum atomic E-state index is -0.932. The predicted molar refractivity (Wildman–Crippen MR) is 211 cm³/mol. The van der Waals surface area contributed by atoms with Gasteiger partial charge >= 0.3 is 11.9 Å². The highest BCUT2D eigenvalue weighted by molar-refractivity contribution is 6.00. The number of allylic oxidation sites excluding steroid dienone is 2. The van der Waals surface area contributed by atoms with Gasteiger partial charge in [0.2, 0.25) is 0 Å². The van der Waals surface area contributed by atoms with Crippen molar-refractivity contribution in [1.29, 1.82) is 0 Å². The molecule has 55 heavy (non-hydrogen) atoms. The van der Waals surface area contributed by atoms with Crippen molar-refractivity contribution in [2.45, 2.75) is 70.6 Å². The first kappa shape index (κ1) is 41.3. The summed E-state index contributed by atoms with van der Waals surface area (Å²) in [7, 11) is 0. The van der Waals surface area contributed by atoms with Crippen molar-refractivity contribution in [3.8, 4) is 0 Å². The molecule has 0 spiro atoms. The van der Waals surface area contributed by atoms with Gasteiger partial charge in [0.1, 0.15) is 6.61 Å². The maximum absolute atomic E-state index is 13.7. The molecule has 0 saturated carbocycles. The average molecular weight is 754 g/mol. The Morgan fingerprint density at radius 3 is 1.91 bits per heavy atom. The maximum Gasteiger partial charge on any atom is 0.336 e. The van der Waals surface area contributed by atoms with E-state index in [2.05, 4.69) is 77.8 Å². The lowest BCUT2D eigenvalue weighted by atomic mass is 9.68. The minimum Gasteiger partial charge on any atom is -0.462 e. The lowest BCUT2D eigenvalue weighted by Crippen LogP contribution is -2.43. The fraction of sp³-hybridized carbons (Fsp3) is 0.455. The summed E-state index contributed by atoms with van der Waals surface area (Å²) in [5.74, 6) is -2.18. The summed E-state index contributed by atoms with van der Waals surface area (Å²) in [6.07, 6.45) is 5.42. The number of ether oxygens (including phenoxy) is 4. The summed E-state index contributed by atoms with van der Waals surface area (Å²) in [6.45, 7) is 10.5. The number of nitrogens with zero attached hydrogens (tertiary/aromatic N) is 2. The van der Waals surface area contributed by atoms with E-state index in [4.69, 9.17) is 18.9 Å². The number of nitro groups is 1. The van der Waals surface area contributed by atoms with Crippen LogP contribution < -0.4 is 5.32 Å². The number of piperidine rings is 1. The lowest BCUT2D eigenvalue weighted by Gasteiger charge is -2.43. The van der Waals surface area contributed by atoms with Crippen LogP contribution in [0.25, 0.3) is 0 Å². The van der Waals surface area contributed by atoms with Gasteiger partial charge in [0.05, 0.1) is 35.2 Å². The highest BCUT2D eigenvalue weighted by Crippen LogP contribution is 2.42. The number of carbonyl (C=O) groups excluding carboxylic acids is 2. The largest absolute Gasteiger partial charge is 0.462 e. The first-order valence-electron chi connectivity index (χ1n) is 19.5. The summed E-state index contributed by atoms with van der Waals surface area (Å²) in [6, 6.07) is 27.7. The predicted octanol–water partition coefficient (Wildman–Crippen LogP) is 7.61. The van der Waals surface area contributed by atoms with Crippen molar-refractivity contribution in [3.05, 3.63) is 134 Å². The van der Waals surface area contributed by atoms with E-state index in [9.17, 15) is 19.7 Å². The first-order valence-corrected chi connectivity index (χ1v) is 19.5. The Morgan fingerprint density at radius 1 is 0.745 bits per heavy atom. The van der Waals surface area contributed by atoms with Gasteiger partial charge in [-0.15, -0.1) is 0 Å². The van der Waals surface area contributed by atoms with Crippen LogP contribution in [-0.2, 0) is 34.0 Å². The van der Waals surface area contributed by atoms with Crippen molar-refractivity contribution < 1.29 is 33.5 Å². The number of carbonyl (C=O) groups is 2. The quantitative estimate of drug-likeness (QED) is 0.0533. The minimum absolute atomic E-state index is 0.0251. The molecule has 3 aromatic rings. The topological polar surface area (TPSA) is 129 Å².